The molecule has 0 aromatic rings. The lowest BCUT2D eigenvalue weighted by atomic mass is 10.3. The van der Waals surface area contributed by atoms with Gasteiger partial charge in [-0.05, 0) is 0 Å². The van der Waals surface area contributed by atoms with Gasteiger partial charge < -0.3 is 9.64 Å². The fraction of sp³-hybridized carbons (Fsp3) is 0.909. The van der Waals surface area contributed by atoms with Gasteiger partial charge in [-0.3, -0.25) is 9.80 Å². The fourth-order valence-corrected chi connectivity index (χ4v) is 2.65. The maximum atomic E-state index is 5.35. The zero-order valence-corrected chi connectivity index (χ0v) is 11.9. The van der Waals surface area contributed by atoms with Gasteiger partial charge in [0.25, 0.3) is 0 Å². The Morgan fingerprint density at radius 1 is 0.941 bits per heavy atom. The molecule has 0 bridgehead atoms. The third-order valence-corrected chi connectivity index (χ3v) is 4.02. The first-order valence-corrected chi connectivity index (χ1v) is 7.11. The van der Waals surface area contributed by atoms with Crippen molar-refractivity contribution >= 4 is 29.2 Å². The van der Waals surface area contributed by atoms with Crippen LogP contribution in [0.15, 0.2) is 0 Å². The van der Waals surface area contributed by atoms with Crippen LogP contribution in [0.5, 0.6) is 0 Å². The molecule has 0 atom stereocenters. The second-order valence-electron chi connectivity index (χ2n) is 4.57. The van der Waals surface area contributed by atoms with Gasteiger partial charge in [-0.1, -0.05) is 12.2 Å². The van der Waals surface area contributed by atoms with E-state index < -0.39 is 0 Å². The highest BCUT2D eigenvalue weighted by Gasteiger charge is 2.18. The summed E-state index contributed by atoms with van der Waals surface area (Å²) in [5.74, 6) is 0. The Labute approximate surface area is 114 Å². The summed E-state index contributed by atoms with van der Waals surface area (Å²) in [4.78, 5) is 7.17. The minimum Gasteiger partial charge on any atom is -0.379 e. The maximum Gasteiger partial charge on any atom is 0.133 e. The van der Waals surface area contributed by atoms with E-state index in [1.807, 2.05) is 0 Å². The Hall–Kier alpha value is 0.120. The minimum atomic E-state index is 0.734. The van der Waals surface area contributed by atoms with Gasteiger partial charge >= 0.3 is 0 Å². The standard InChI is InChI=1S/C11H21N3OS2/c16-11(17)14-5-3-12(4-6-14)1-2-13-7-9-15-10-8-13/h1-10H2,(H,16,17). The molecule has 2 heterocycles. The molecule has 2 aliphatic rings. The van der Waals surface area contributed by atoms with Crippen LogP contribution in [0.25, 0.3) is 0 Å². The van der Waals surface area contributed by atoms with E-state index in [1.54, 1.807) is 0 Å². The lowest BCUT2D eigenvalue weighted by molar-refractivity contribution is 0.0316. The van der Waals surface area contributed by atoms with Crippen LogP contribution in [0.2, 0.25) is 0 Å². The molecule has 0 spiro atoms. The van der Waals surface area contributed by atoms with Gasteiger partial charge in [0, 0.05) is 52.4 Å². The van der Waals surface area contributed by atoms with Gasteiger partial charge in [-0.2, -0.15) is 0 Å². The van der Waals surface area contributed by atoms with Gasteiger partial charge in [0.2, 0.25) is 0 Å². The number of thiol groups is 1. The average Bonchev–Trinajstić information content (AvgIpc) is 2.38. The average molecular weight is 275 g/mol. The first-order valence-electron chi connectivity index (χ1n) is 6.26. The highest BCUT2D eigenvalue weighted by Crippen LogP contribution is 2.05. The van der Waals surface area contributed by atoms with E-state index in [2.05, 4.69) is 27.3 Å². The van der Waals surface area contributed by atoms with Crippen molar-refractivity contribution in [3.05, 3.63) is 0 Å². The monoisotopic (exact) mass is 275 g/mol. The molecule has 6 heteroatoms. The SMILES string of the molecule is S=C(S)N1CCN(CCN2CCOCC2)CC1. The molecular formula is C11H21N3OS2. The van der Waals surface area contributed by atoms with Crippen molar-refractivity contribution in [3.63, 3.8) is 0 Å². The van der Waals surface area contributed by atoms with E-state index in [4.69, 9.17) is 17.0 Å². The summed E-state index contributed by atoms with van der Waals surface area (Å²) in [6, 6.07) is 0. The van der Waals surface area contributed by atoms with Crippen molar-refractivity contribution in [1.29, 1.82) is 0 Å². The number of nitrogens with zero attached hydrogens (tertiary/aromatic N) is 3. The Kier molecular flexibility index (Phi) is 5.49. The number of hydrogen-bond acceptors (Lipinski definition) is 4. The van der Waals surface area contributed by atoms with E-state index in [0.29, 0.717) is 0 Å². The van der Waals surface area contributed by atoms with Crippen molar-refractivity contribution in [2.75, 3.05) is 65.6 Å². The predicted octanol–water partition coefficient (Wildman–Crippen LogP) is 0.151. The fourth-order valence-electron chi connectivity index (χ4n) is 2.27. The van der Waals surface area contributed by atoms with Gasteiger partial charge in [0.15, 0.2) is 0 Å². The maximum absolute atomic E-state index is 5.35. The van der Waals surface area contributed by atoms with Gasteiger partial charge in [0.1, 0.15) is 4.32 Å². The summed E-state index contributed by atoms with van der Waals surface area (Å²) < 4.78 is 6.08. The quantitative estimate of drug-likeness (QED) is 0.582. The van der Waals surface area contributed by atoms with Crippen molar-refractivity contribution in [2.24, 2.45) is 0 Å². The van der Waals surface area contributed by atoms with Gasteiger partial charge in [-0.25, -0.2) is 0 Å². The van der Waals surface area contributed by atoms with Crippen molar-refractivity contribution in [1.82, 2.24) is 14.7 Å². The van der Waals surface area contributed by atoms with Crippen molar-refractivity contribution in [2.45, 2.75) is 0 Å². The topological polar surface area (TPSA) is 19.0 Å². The van der Waals surface area contributed by atoms with Crippen molar-refractivity contribution < 1.29 is 4.74 Å². The number of morpholine rings is 1. The van der Waals surface area contributed by atoms with Crippen LogP contribution in [0.1, 0.15) is 0 Å². The Morgan fingerprint density at radius 2 is 1.47 bits per heavy atom. The highest BCUT2D eigenvalue weighted by molar-refractivity contribution is 8.10. The third kappa shape index (κ3) is 4.37. The summed E-state index contributed by atoms with van der Waals surface area (Å²) in [6.45, 7) is 10.5. The smallest absolute Gasteiger partial charge is 0.133 e. The zero-order chi connectivity index (χ0) is 12.1. The van der Waals surface area contributed by atoms with Crippen LogP contribution >= 0.6 is 24.8 Å². The molecule has 0 aliphatic carbocycles. The molecule has 2 rings (SSSR count). The second-order valence-corrected chi connectivity index (χ2v) is 5.68. The second kappa shape index (κ2) is 6.89. The predicted molar refractivity (Wildman–Crippen MR) is 76.9 cm³/mol. The van der Waals surface area contributed by atoms with Crippen molar-refractivity contribution in [3.8, 4) is 0 Å². The summed E-state index contributed by atoms with van der Waals surface area (Å²) >= 11 is 9.29. The number of ether oxygens (including phenoxy) is 1. The first-order chi connectivity index (χ1) is 8.25. The first kappa shape index (κ1) is 13.5. The number of thiocarbonyl (C=S) groups is 1. The summed E-state index contributed by atoms with van der Waals surface area (Å²) in [5.41, 5.74) is 0. The van der Waals surface area contributed by atoms with Crippen LogP contribution in [0.4, 0.5) is 0 Å². The zero-order valence-electron chi connectivity index (χ0n) is 10.2. The number of piperazine rings is 1. The molecule has 0 N–H and O–H groups in total. The molecule has 2 saturated heterocycles. The van der Waals surface area contributed by atoms with E-state index >= 15 is 0 Å². The normalized spacial score (nSPS) is 23.9. The highest BCUT2D eigenvalue weighted by atomic mass is 32.1. The van der Waals surface area contributed by atoms with E-state index in [9.17, 15) is 0 Å². The summed E-state index contributed by atoms with van der Waals surface area (Å²) in [6.07, 6.45) is 0. The number of hydrogen-bond donors (Lipinski definition) is 1. The Balaban J connectivity index is 1.62. The lowest BCUT2D eigenvalue weighted by Crippen LogP contribution is -2.49. The van der Waals surface area contributed by atoms with E-state index in [1.165, 1.54) is 0 Å². The summed E-state index contributed by atoms with van der Waals surface area (Å²) in [5, 5.41) is 0. The lowest BCUT2D eigenvalue weighted by Gasteiger charge is -2.36. The minimum absolute atomic E-state index is 0.734. The van der Waals surface area contributed by atoms with Crippen LogP contribution in [0.3, 0.4) is 0 Å². The Morgan fingerprint density at radius 3 is 2.00 bits per heavy atom. The molecule has 98 valence electrons. The molecule has 2 aliphatic heterocycles. The molecule has 0 amide bonds. The molecule has 0 aromatic carbocycles. The molecule has 0 saturated carbocycles. The van der Waals surface area contributed by atoms with Crippen LogP contribution < -0.4 is 0 Å². The van der Waals surface area contributed by atoms with E-state index in [-0.39, 0.29) is 0 Å². The molecule has 0 unspecified atom stereocenters. The largest absolute Gasteiger partial charge is 0.379 e. The third-order valence-electron chi connectivity index (χ3n) is 3.48. The molecule has 0 radical (unpaired) electrons. The molecular weight excluding hydrogens is 254 g/mol. The molecule has 4 nitrogen and oxygen atoms in total. The van der Waals surface area contributed by atoms with Crippen LogP contribution in [0, 0.1) is 0 Å². The van der Waals surface area contributed by atoms with Gasteiger partial charge in [0.05, 0.1) is 13.2 Å². The van der Waals surface area contributed by atoms with Crippen LogP contribution in [-0.2, 0) is 4.74 Å². The molecule has 17 heavy (non-hydrogen) atoms. The van der Waals surface area contributed by atoms with E-state index in [0.717, 1.165) is 69.9 Å². The van der Waals surface area contributed by atoms with Gasteiger partial charge in [-0.15, -0.1) is 12.6 Å². The molecule has 0 aromatic heterocycles. The summed E-state index contributed by atoms with van der Waals surface area (Å²) in [7, 11) is 0. The molecule has 2 fully saturated rings. The van der Waals surface area contributed by atoms with Crippen LogP contribution in [-0.4, -0.2) is 84.6 Å². The number of rotatable bonds is 3. The Bertz CT molecular complexity index is 251.